The van der Waals surface area contributed by atoms with Gasteiger partial charge in [-0.3, -0.25) is 9.78 Å². The van der Waals surface area contributed by atoms with E-state index in [2.05, 4.69) is 15.5 Å². The van der Waals surface area contributed by atoms with E-state index in [0.29, 0.717) is 0 Å². The van der Waals surface area contributed by atoms with E-state index in [4.69, 9.17) is 4.74 Å². The predicted molar refractivity (Wildman–Crippen MR) is 101 cm³/mol. The average Bonchev–Trinajstić information content (AvgIpc) is 2.67. The number of rotatable bonds is 6. The summed E-state index contributed by atoms with van der Waals surface area (Å²) in [4.78, 5) is 17.3. The Hall–Kier alpha value is -2.86. The van der Waals surface area contributed by atoms with E-state index in [1.807, 2.05) is 54.6 Å². The molecule has 1 N–H and O–H groups in total. The Balaban J connectivity index is 1.54. The minimum atomic E-state index is -0.164. The van der Waals surface area contributed by atoms with Crippen LogP contribution in [0, 0.1) is 0 Å². The predicted octanol–water partition coefficient (Wildman–Crippen LogP) is 3.49. The number of hydrogen-bond donors (Lipinski definition) is 1. The van der Waals surface area contributed by atoms with Crippen molar-refractivity contribution in [2.75, 3.05) is 12.9 Å². The van der Waals surface area contributed by atoms with Gasteiger partial charge in [0.2, 0.25) is 5.91 Å². The number of methoxy groups -OCH3 is 1. The minimum Gasteiger partial charge on any atom is -0.497 e. The molecule has 1 heterocycles. The SMILES string of the molecule is COc1ccc(/C=N\NC(=O)CSc2cccc3cccnc23)cc1. The number of hydrogen-bond acceptors (Lipinski definition) is 5. The number of benzene rings is 2. The number of carbonyl (C=O) groups excluding carboxylic acids is 1. The first kappa shape index (κ1) is 17.0. The highest BCUT2D eigenvalue weighted by Gasteiger charge is 2.05. The van der Waals surface area contributed by atoms with Crippen LogP contribution in [0.1, 0.15) is 5.56 Å². The van der Waals surface area contributed by atoms with Gasteiger partial charge < -0.3 is 4.74 Å². The van der Waals surface area contributed by atoms with Gasteiger partial charge >= 0.3 is 0 Å². The molecular formula is C19H17N3O2S. The molecule has 3 aromatic rings. The second-order valence-electron chi connectivity index (χ2n) is 5.19. The highest BCUT2D eigenvalue weighted by atomic mass is 32.2. The quantitative estimate of drug-likeness (QED) is 0.419. The third kappa shape index (κ3) is 4.58. The van der Waals surface area contributed by atoms with E-state index in [1.54, 1.807) is 19.5 Å². The van der Waals surface area contributed by atoms with Crippen molar-refractivity contribution < 1.29 is 9.53 Å². The molecule has 0 spiro atoms. The number of amides is 1. The van der Waals surface area contributed by atoms with Crippen LogP contribution in [0.4, 0.5) is 0 Å². The largest absolute Gasteiger partial charge is 0.497 e. The molecule has 25 heavy (non-hydrogen) atoms. The molecule has 6 heteroatoms. The number of nitrogens with one attached hydrogen (secondary N) is 1. The Bertz CT molecular complexity index is 889. The zero-order chi connectivity index (χ0) is 17.5. The van der Waals surface area contributed by atoms with E-state index < -0.39 is 0 Å². The van der Waals surface area contributed by atoms with Crippen molar-refractivity contribution in [3.05, 3.63) is 66.4 Å². The van der Waals surface area contributed by atoms with Crippen molar-refractivity contribution in [2.45, 2.75) is 4.90 Å². The van der Waals surface area contributed by atoms with Crippen LogP contribution in [-0.2, 0) is 4.79 Å². The molecule has 0 aliphatic rings. The Morgan fingerprint density at radius 1 is 1.20 bits per heavy atom. The van der Waals surface area contributed by atoms with Gasteiger partial charge in [-0.25, -0.2) is 5.43 Å². The first-order chi connectivity index (χ1) is 12.3. The maximum atomic E-state index is 12.0. The fraction of sp³-hybridized carbons (Fsp3) is 0.105. The number of nitrogens with zero attached hydrogens (tertiary/aromatic N) is 2. The molecule has 0 atom stereocenters. The van der Waals surface area contributed by atoms with Crippen molar-refractivity contribution in [3.8, 4) is 5.75 Å². The maximum absolute atomic E-state index is 12.0. The molecule has 0 saturated heterocycles. The molecular weight excluding hydrogens is 334 g/mol. The van der Waals surface area contributed by atoms with Crippen LogP contribution < -0.4 is 10.2 Å². The van der Waals surface area contributed by atoms with E-state index in [-0.39, 0.29) is 11.7 Å². The van der Waals surface area contributed by atoms with Crippen LogP contribution in [-0.4, -0.2) is 30.0 Å². The molecule has 2 aromatic carbocycles. The topological polar surface area (TPSA) is 63.6 Å². The third-order valence-electron chi connectivity index (χ3n) is 3.47. The number of hydrazone groups is 1. The van der Waals surface area contributed by atoms with E-state index >= 15 is 0 Å². The highest BCUT2D eigenvalue weighted by Crippen LogP contribution is 2.25. The van der Waals surface area contributed by atoms with Crippen LogP contribution in [0.5, 0.6) is 5.75 Å². The second kappa shape index (κ2) is 8.30. The lowest BCUT2D eigenvalue weighted by Crippen LogP contribution is -2.19. The normalized spacial score (nSPS) is 10.9. The van der Waals surface area contributed by atoms with Gasteiger partial charge in [0.05, 0.1) is 24.6 Å². The summed E-state index contributed by atoms with van der Waals surface area (Å²) in [6.07, 6.45) is 3.35. The molecule has 1 aromatic heterocycles. The van der Waals surface area contributed by atoms with Gasteiger partial charge in [0.25, 0.3) is 0 Å². The van der Waals surface area contributed by atoms with Crippen LogP contribution >= 0.6 is 11.8 Å². The number of pyridine rings is 1. The summed E-state index contributed by atoms with van der Waals surface area (Å²) in [6.45, 7) is 0. The molecule has 0 bridgehead atoms. The van der Waals surface area contributed by atoms with Gasteiger partial charge in [0.15, 0.2) is 0 Å². The van der Waals surface area contributed by atoms with Crippen molar-refractivity contribution in [1.29, 1.82) is 0 Å². The Morgan fingerprint density at radius 2 is 2.00 bits per heavy atom. The van der Waals surface area contributed by atoms with Crippen molar-refractivity contribution in [3.63, 3.8) is 0 Å². The molecule has 0 fully saturated rings. The second-order valence-corrected chi connectivity index (χ2v) is 6.20. The van der Waals surface area contributed by atoms with Crippen molar-refractivity contribution >= 4 is 34.8 Å². The van der Waals surface area contributed by atoms with E-state index in [0.717, 1.165) is 27.1 Å². The molecule has 0 aliphatic heterocycles. The third-order valence-corrected chi connectivity index (χ3v) is 4.52. The smallest absolute Gasteiger partial charge is 0.250 e. The molecule has 126 valence electrons. The summed E-state index contributed by atoms with van der Waals surface area (Å²) in [5, 5.41) is 5.04. The lowest BCUT2D eigenvalue weighted by atomic mass is 10.2. The molecule has 5 nitrogen and oxygen atoms in total. The molecule has 0 saturated carbocycles. The summed E-state index contributed by atoms with van der Waals surface area (Å²) < 4.78 is 5.09. The number of thioether (sulfide) groups is 1. The number of carbonyl (C=O) groups is 1. The van der Waals surface area contributed by atoms with Crippen LogP contribution in [0.2, 0.25) is 0 Å². The zero-order valence-electron chi connectivity index (χ0n) is 13.7. The minimum absolute atomic E-state index is 0.164. The lowest BCUT2D eigenvalue weighted by Gasteiger charge is -2.04. The summed E-state index contributed by atoms with van der Waals surface area (Å²) in [5.41, 5.74) is 4.32. The highest BCUT2D eigenvalue weighted by molar-refractivity contribution is 8.00. The van der Waals surface area contributed by atoms with Gasteiger partial charge in [-0.05, 0) is 42.0 Å². The Kier molecular flexibility index (Phi) is 5.64. The average molecular weight is 351 g/mol. The monoisotopic (exact) mass is 351 g/mol. The van der Waals surface area contributed by atoms with Crippen molar-refractivity contribution in [2.24, 2.45) is 5.10 Å². The standard InChI is InChI=1S/C19H17N3O2S/c1-24-16-9-7-14(8-10-16)12-21-22-18(23)13-25-17-6-2-4-15-5-3-11-20-19(15)17/h2-12H,13H2,1H3,(H,22,23)/b21-12-. The van der Waals surface area contributed by atoms with Crippen LogP contribution in [0.3, 0.4) is 0 Å². The first-order valence-corrected chi connectivity index (χ1v) is 8.67. The van der Waals surface area contributed by atoms with E-state index in [1.165, 1.54) is 11.8 Å². The molecule has 1 amide bonds. The van der Waals surface area contributed by atoms with Gasteiger partial charge in [-0.2, -0.15) is 5.10 Å². The summed E-state index contributed by atoms with van der Waals surface area (Å²) in [5.74, 6) is 0.888. The lowest BCUT2D eigenvalue weighted by molar-refractivity contribution is -0.118. The molecule has 0 unspecified atom stereocenters. The molecule has 0 aliphatic carbocycles. The van der Waals surface area contributed by atoms with Gasteiger partial charge in [-0.15, -0.1) is 11.8 Å². The summed E-state index contributed by atoms with van der Waals surface area (Å²) in [7, 11) is 1.62. The molecule has 0 radical (unpaired) electrons. The van der Waals surface area contributed by atoms with Crippen LogP contribution in [0.25, 0.3) is 10.9 Å². The molecule has 3 rings (SSSR count). The fourth-order valence-electron chi connectivity index (χ4n) is 2.24. The van der Waals surface area contributed by atoms with Gasteiger partial charge in [0, 0.05) is 16.5 Å². The van der Waals surface area contributed by atoms with E-state index in [9.17, 15) is 4.79 Å². The number of aromatic nitrogens is 1. The Labute approximate surface area is 150 Å². The fourth-order valence-corrected chi connectivity index (χ4v) is 3.07. The maximum Gasteiger partial charge on any atom is 0.250 e. The van der Waals surface area contributed by atoms with Crippen LogP contribution in [0.15, 0.2) is 70.8 Å². The Morgan fingerprint density at radius 3 is 2.80 bits per heavy atom. The number of ether oxygens (including phenoxy) is 1. The van der Waals surface area contributed by atoms with Gasteiger partial charge in [-0.1, -0.05) is 18.2 Å². The first-order valence-electron chi connectivity index (χ1n) is 7.69. The van der Waals surface area contributed by atoms with Crippen molar-refractivity contribution in [1.82, 2.24) is 10.4 Å². The van der Waals surface area contributed by atoms with Gasteiger partial charge in [0.1, 0.15) is 5.75 Å². The summed E-state index contributed by atoms with van der Waals surface area (Å²) in [6, 6.07) is 17.3. The summed E-state index contributed by atoms with van der Waals surface area (Å²) >= 11 is 1.44. The number of para-hydroxylation sites is 1. The zero-order valence-corrected chi connectivity index (χ0v) is 14.5. The number of fused-ring (bicyclic) bond motifs is 1.